The largest absolute Gasteiger partial charge is 0.314 e. The second kappa shape index (κ2) is 5.63. The van der Waals surface area contributed by atoms with Gasteiger partial charge in [0.05, 0.1) is 5.54 Å². The van der Waals surface area contributed by atoms with E-state index in [1.54, 1.807) is 0 Å². The maximum absolute atomic E-state index is 5.75. The Morgan fingerprint density at radius 1 is 1.28 bits per heavy atom. The Morgan fingerprint density at radius 3 is 2.39 bits per heavy atom. The molecule has 2 heteroatoms. The summed E-state index contributed by atoms with van der Waals surface area (Å²) >= 11 is 0. The maximum atomic E-state index is 5.75. The SMILES string of the molecule is C#CC(C)(C)N1C2CCCC1CC(NCCC)C2. The third kappa shape index (κ3) is 2.73. The summed E-state index contributed by atoms with van der Waals surface area (Å²) in [6.07, 6.45) is 13.6. The Morgan fingerprint density at radius 2 is 1.89 bits per heavy atom. The lowest BCUT2D eigenvalue weighted by Gasteiger charge is -2.54. The number of nitrogens with one attached hydrogen (secondary N) is 1. The van der Waals surface area contributed by atoms with E-state index in [9.17, 15) is 0 Å². The van der Waals surface area contributed by atoms with Crippen LogP contribution in [0.2, 0.25) is 0 Å². The highest BCUT2D eigenvalue weighted by Gasteiger charge is 2.43. The van der Waals surface area contributed by atoms with Crippen LogP contribution in [0.25, 0.3) is 0 Å². The summed E-state index contributed by atoms with van der Waals surface area (Å²) in [5, 5.41) is 3.71. The Hall–Kier alpha value is -0.520. The molecule has 0 aromatic heterocycles. The number of terminal acetylenes is 1. The lowest BCUT2D eigenvalue weighted by molar-refractivity contribution is -0.0248. The van der Waals surface area contributed by atoms with Gasteiger partial charge in [-0.05, 0) is 52.5 Å². The molecule has 18 heavy (non-hydrogen) atoms. The van der Waals surface area contributed by atoms with Crippen molar-refractivity contribution in [2.75, 3.05) is 6.54 Å². The molecule has 0 radical (unpaired) electrons. The topological polar surface area (TPSA) is 15.3 Å². The van der Waals surface area contributed by atoms with Crippen molar-refractivity contribution in [1.29, 1.82) is 0 Å². The van der Waals surface area contributed by atoms with Crippen LogP contribution >= 0.6 is 0 Å². The van der Waals surface area contributed by atoms with Crippen molar-refractivity contribution < 1.29 is 0 Å². The van der Waals surface area contributed by atoms with Gasteiger partial charge >= 0.3 is 0 Å². The first kappa shape index (κ1) is 13.9. The molecular weight excluding hydrogens is 220 g/mol. The van der Waals surface area contributed by atoms with Crippen molar-refractivity contribution >= 4 is 0 Å². The molecule has 2 atom stereocenters. The predicted molar refractivity (Wildman–Crippen MR) is 77.5 cm³/mol. The molecule has 0 aromatic rings. The fraction of sp³-hybridized carbons (Fsp3) is 0.875. The van der Waals surface area contributed by atoms with Gasteiger partial charge < -0.3 is 5.32 Å². The van der Waals surface area contributed by atoms with Gasteiger partial charge in [-0.15, -0.1) is 6.42 Å². The molecule has 0 aromatic carbocycles. The maximum Gasteiger partial charge on any atom is 0.0770 e. The first-order valence-corrected chi connectivity index (χ1v) is 7.58. The number of nitrogens with zero attached hydrogens (tertiary/aromatic N) is 1. The van der Waals surface area contributed by atoms with Crippen molar-refractivity contribution in [2.45, 2.75) is 83.0 Å². The Labute approximate surface area is 113 Å². The number of fused-ring (bicyclic) bond motifs is 2. The van der Waals surface area contributed by atoms with E-state index in [4.69, 9.17) is 6.42 Å². The quantitative estimate of drug-likeness (QED) is 0.770. The van der Waals surface area contributed by atoms with Crippen LogP contribution in [-0.2, 0) is 0 Å². The van der Waals surface area contributed by atoms with Gasteiger partial charge in [0.15, 0.2) is 0 Å². The molecule has 2 nitrogen and oxygen atoms in total. The van der Waals surface area contributed by atoms with Gasteiger partial charge in [0.1, 0.15) is 0 Å². The van der Waals surface area contributed by atoms with E-state index in [1.807, 2.05) is 0 Å². The molecule has 1 N–H and O–H groups in total. The minimum absolute atomic E-state index is 0.0779. The van der Waals surface area contributed by atoms with E-state index in [1.165, 1.54) is 38.5 Å². The molecule has 102 valence electrons. The highest BCUT2D eigenvalue weighted by molar-refractivity contribution is 5.13. The van der Waals surface area contributed by atoms with E-state index >= 15 is 0 Å². The van der Waals surface area contributed by atoms with Gasteiger partial charge in [-0.1, -0.05) is 19.3 Å². The first-order valence-electron chi connectivity index (χ1n) is 7.58. The molecule has 0 amide bonds. The number of hydrogen-bond acceptors (Lipinski definition) is 2. The normalized spacial score (nSPS) is 33.1. The molecular formula is C16H28N2. The highest BCUT2D eigenvalue weighted by atomic mass is 15.3. The van der Waals surface area contributed by atoms with Crippen LogP contribution in [0.1, 0.15) is 59.3 Å². The minimum Gasteiger partial charge on any atom is -0.314 e. The molecule has 2 aliphatic rings. The molecule has 0 saturated carbocycles. The van der Waals surface area contributed by atoms with Crippen molar-refractivity contribution in [3.63, 3.8) is 0 Å². The Balaban J connectivity index is 2.06. The predicted octanol–water partition coefficient (Wildman–Crippen LogP) is 2.78. The second-order valence-electron chi connectivity index (χ2n) is 6.47. The van der Waals surface area contributed by atoms with Gasteiger partial charge in [-0.3, -0.25) is 4.90 Å². The van der Waals surface area contributed by atoms with Crippen LogP contribution in [0.3, 0.4) is 0 Å². The first-order chi connectivity index (χ1) is 8.58. The molecule has 2 bridgehead atoms. The summed E-state index contributed by atoms with van der Waals surface area (Å²) in [5.41, 5.74) is -0.0779. The van der Waals surface area contributed by atoms with Crippen molar-refractivity contribution in [2.24, 2.45) is 0 Å². The molecule has 2 aliphatic heterocycles. The molecule has 0 aliphatic carbocycles. The third-order valence-electron chi connectivity index (χ3n) is 4.66. The highest BCUT2D eigenvalue weighted by Crippen LogP contribution is 2.38. The van der Waals surface area contributed by atoms with Crippen molar-refractivity contribution in [3.8, 4) is 12.3 Å². The molecule has 2 heterocycles. The lowest BCUT2D eigenvalue weighted by atomic mass is 9.78. The van der Waals surface area contributed by atoms with Gasteiger partial charge in [-0.25, -0.2) is 0 Å². The zero-order valence-electron chi connectivity index (χ0n) is 12.2. The molecule has 2 fully saturated rings. The number of hydrogen-bond donors (Lipinski definition) is 1. The van der Waals surface area contributed by atoms with Gasteiger partial charge in [0.25, 0.3) is 0 Å². The van der Waals surface area contributed by atoms with E-state index in [0.29, 0.717) is 18.1 Å². The van der Waals surface area contributed by atoms with Crippen LogP contribution in [-0.4, -0.2) is 35.1 Å². The summed E-state index contributed by atoms with van der Waals surface area (Å²) in [4.78, 5) is 2.64. The summed E-state index contributed by atoms with van der Waals surface area (Å²) in [5.74, 6) is 3.00. The van der Waals surface area contributed by atoms with Gasteiger partial charge in [0, 0.05) is 18.1 Å². The van der Waals surface area contributed by atoms with E-state index in [0.717, 1.165) is 6.54 Å². The third-order valence-corrected chi connectivity index (χ3v) is 4.66. The van der Waals surface area contributed by atoms with Crippen LogP contribution in [0.15, 0.2) is 0 Å². The summed E-state index contributed by atoms with van der Waals surface area (Å²) < 4.78 is 0. The number of rotatable bonds is 4. The van der Waals surface area contributed by atoms with E-state index in [2.05, 4.69) is 36.9 Å². The second-order valence-corrected chi connectivity index (χ2v) is 6.47. The monoisotopic (exact) mass is 248 g/mol. The van der Waals surface area contributed by atoms with Gasteiger partial charge in [-0.2, -0.15) is 0 Å². The molecule has 0 spiro atoms. The summed E-state index contributed by atoms with van der Waals surface area (Å²) in [6.45, 7) is 7.81. The minimum atomic E-state index is -0.0779. The van der Waals surface area contributed by atoms with Crippen LogP contribution in [0.5, 0.6) is 0 Å². The van der Waals surface area contributed by atoms with Crippen LogP contribution in [0.4, 0.5) is 0 Å². The summed E-state index contributed by atoms with van der Waals surface area (Å²) in [6, 6.07) is 2.10. The fourth-order valence-electron chi connectivity index (χ4n) is 3.88. The van der Waals surface area contributed by atoms with Crippen molar-refractivity contribution in [3.05, 3.63) is 0 Å². The standard InChI is InChI=1S/C16H28N2/c1-5-10-17-13-11-14-8-7-9-15(12-13)18(14)16(3,4)6-2/h2,13-15,17H,5,7-12H2,1,3-4H3. The number of piperidine rings is 2. The molecule has 2 saturated heterocycles. The zero-order valence-corrected chi connectivity index (χ0v) is 12.2. The van der Waals surface area contributed by atoms with E-state index < -0.39 is 0 Å². The summed E-state index contributed by atoms with van der Waals surface area (Å²) in [7, 11) is 0. The average Bonchev–Trinajstić information content (AvgIpc) is 2.35. The smallest absolute Gasteiger partial charge is 0.0770 e. The van der Waals surface area contributed by atoms with Crippen LogP contribution in [0, 0.1) is 12.3 Å². The average molecular weight is 248 g/mol. The molecule has 2 rings (SSSR count). The molecule has 2 unspecified atom stereocenters. The Kier molecular flexibility index (Phi) is 4.35. The van der Waals surface area contributed by atoms with Crippen molar-refractivity contribution in [1.82, 2.24) is 10.2 Å². The van der Waals surface area contributed by atoms with Gasteiger partial charge in [0.2, 0.25) is 0 Å². The van der Waals surface area contributed by atoms with E-state index in [-0.39, 0.29) is 5.54 Å². The Bertz CT molecular complexity index is 302. The van der Waals surface area contributed by atoms with Crippen LogP contribution < -0.4 is 5.32 Å². The zero-order chi connectivity index (χ0) is 13.2. The lowest BCUT2D eigenvalue weighted by Crippen LogP contribution is -2.62. The fourth-order valence-corrected chi connectivity index (χ4v) is 3.88.